The molecule has 1 amide bonds. The van der Waals surface area contributed by atoms with Crippen LogP contribution in [0.5, 0.6) is 11.5 Å². The van der Waals surface area contributed by atoms with Crippen molar-refractivity contribution in [3.8, 4) is 11.5 Å². The van der Waals surface area contributed by atoms with Crippen molar-refractivity contribution in [1.29, 1.82) is 0 Å². The lowest BCUT2D eigenvalue weighted by atomic mass is 10.1. The van der Waals surface area contributed by atoms with Crippen molar-refractivity contribution in [2.75, 3.05) is 19.5 Å². The van der Waals surface area contributed by atoms with E-state index in [4.69, 9.17) is 9.47 Å². The van der Waals surface area contributed by atoms with Gasteiger partial charge in [0.25, 0.3) is 0 Å². The third-order valence-corrected chi connectivity index (χ3v) is 5.41. The molecule has 136 valence electrons. The number of anilines is 1. The average molecular weight is 373 g/mol. The summed E-state index contributed by atoms with van der Waals surface area (Å²) in [5.41, 5.74) is 1.86. The van der Waals surface area contributed by atoms with Gasteiger partial charge in [-0.1, -0.05) is 6.07 Å². The minimum atomic E-state index is -0.997. The van der Waals surface area contributed by atoms with E-state index in [2.05, 4.69) is 5.32 Å². The van der Waals surface area contributed by atoms with Crippen LogP contribution in [0.1, 0.15) is 32.8 Å². The fourth-order valence-electron chi connectivity index (χ4n) is 3.00. The highest BCUT2D eigenvalue weighted by molar-refractivity contribution is 7.17. The maximum Gasteiger partial charge on any atom is 0.339 e. The molecule has 1 heterocycles. The van der Waals surface area contributed by atoms with Gasteiger partial charge in [-0.25, -0.2) is 4.79 Å². The van der Waals surface area contributed by atoms with Gasteiger partial charge in [-0.3, -0.25) is 4.79 Å². The van der Waals surface area contributed by atoms with Crippen molar-refractivity contribution in [1.82, 2.24) is 0 Å². The number of methoxy groups -OCH3 is 2. The summed E-state index contributed by atoms with van der Waals surface area (Å²) >= 11 is 1.35. The van der Waals surface area contributed by atoms with Crippen LogP contribution in [0.2, 0.25) is 0 Å². The fraction of sp³-hybridized carbons (Fsp3) is 0.263. The third-order valence-electron chi connectivity index (χ3n) is 4.21. The van der Waals surface area contributed by atoms with Crippen LogP contribution in [-0.2, 0) is 17.6 Å². The zero-order chi connectivity index (χ0) is 18.7. The minimum absolute atomic E-state index is 0.232. The number of hydrogen-bond donors (Lipinski definition) is 2. The van der Waals surface area contributed by atoms with Crippen molar-refractivity contribution in [3.05, 3.63) is 45.8 Å². The number of amides is 1. The summed E-state index contributed by atoms with van der Waals surface area (Å²) < 4.78 is 10.4. The Labute approximate surface area is 155 Å². The van der Waals surface area contributed by atoms with Crippen molar-refractivity contribution in [2.24, 2.45) is 0 Å². The van der Waals surface area contributed by atoms with Crippen LogP contribution in [0.4, 0.5) is 5.00 Å². The Balaban J connectivity index is 1.76. The van der Waals surface area contributed by atoms with Gasteiger partial charge in [0, 0.05) is 11.0 Å². The SMILES string of the molecule is COc1ccc(/C=C/C(=O)Nc2sc3c(c2C(=O)O)CCC3)cc1OC. The van der Waals surface area contributed by atoms with Crippen LogP contribution >= 0.6 is 11.3 Å². The number of aromatic carboxylic acids is 1. The van der Waals surface area contributed by atoms with Gasteiger partial charge in [-0.2, -0.15) is 0 Å². The van der Waals surface area contributed by atoms with E-state index in [1.165, 1.54) is 17.4 Å². The van der Waals surface area contributed by atoms with Gasteiger partial charge in [0.2, 0.25) is 5.91 Å². The average Bonchev–Trinajstić information content (AvgIpc) is 3.19. The topological polar surface area (TPSA) is 84.9 Å². The van der Waals surface area contributed by atoms with Crippen LogP contribution in [0, 0.1) is 0 Å². The molecule has 3 rings (SSSR count). The molecule has 0 saturated heterocycles. The molecule has 26 heavy (non-hydrogen) atoms. The van der Waals surface area contributed by atoms with E-state index in [1.807, 2.05) is 0 Å². The molecule has 0 saturated carbocycles. The summed E-state index contributed by atoms with van der Waals surface area (Å²) in [7, 11) is 3.10. The number of rotatable bonds is 6. The molecule has 0 spiro atoms. The van der Waals surface area contributed by atoms with Gasteiger partial charge < -0.3 is 19.9 Å². The lowest BCUT2D eigenvalue weighted by molar-refractivity contribution is -0.111. The normalized spacial score (nSPS) is 12.8. The summed E-state index contributed by atoms with van der Waals surface area (Å²) in [5, 5.41) is 12.6. The van der Waals surface area contributed by atoms with E-state index in [-0.39, 0.29) is 11.5 Å². The van der Waals surface area contributed by atoms with Gasteiger partial charge in [0.1, 0.15) is 5.00 Å². The molecule has 1 aromatic carbocycles. The highest BCUT2D eigenvalue weighted by Crippen LogP contribution is 2.39. The van der Waals surface area contributed by atoms with E-state index in [1.54, 1.807) is 38.5 Å². The van der Waals surface area contributed by atoms with Crippen molar-refractivity contribution in [3.63, 3.8) is 0 Å². The van der Waals surface area contributed by atoms with Gasteiger partial charge in [-0.05, 0) is 48.6 Å². The van der Waals surface area contributed by atoms with Gasteiger partial charge in [-0.15, -0.1) is 11.3 Å². The Bertz CT molecular complexity index is 884. The number of hydrogen-bond acceptors (Lipinski definition) is 5. The quantitative estimate of drug-likeness (QED) is 0.756. The van der Waals surface area contributed by atoms with Crippen LogP contribution < -0.4 is 14.8 Å². The number of ether oxygens (including phenoxy) is 2. The zero-order valence-corrected chi connectivity index (χ0v) is 15.3. The summed E-state index contributed by atoms with van der Waals surface area (Å²) in [6, 6.07) is 5.31. The molecular weight excluding hydrogens is 354 g/mol. The molecule has 2 N–H and O–H groups in total. The van der Waals surface area contributed by atoms with E-state index >= 15 is 0 Å². The van der Waals surface area contributed by atoms with Crippen molar-refractivity contribution < 1.29 is 24.2 Å². The monoisotopic (exact) mass is 373 g/mol. The number of thiophene rings is 1. The molecule has 0 aliphatic heterocycles. The molecule has 0 unspecified atom stereocenters. The van der Waals surface area contributed by atoms with Crippen LogP contribution in [0.25, 0.3) is 6.08 Å². The number of carbonyl (C=O) groups excluding carboxylic acids is 1. The predicted octanol–water partition coefficient (Wildman–Crippen LogP) is 3.60. The number of carboxylic acid groups (broad SMARTS) is 1. The fourth-order valence-corrected chi connectivity index (χ4v) is 4.28. The second-order valence-electron chi connectivity index (χ2n) is 5.80. The first kappa shape index (κ1) is 18.0. The summed E-state index contributed by atoms with van der Waals surface area (Å²) in [6.45, 7) is 0. The first-order valence-corrected chi connectivity index (χ1v) is 8.94. The number of benzene rings is 1. The highest BCUT2D eigenvalue weighted by Gasteiger charge is 2.26. The largest absolute Gasteiger partial charge is 0.493 e. The number of fused-ring (bicyclic) bond motifs is 1. The first-order valence-electron chi connectivity index (χ1n) is 8.12. The second-order valence-corrected chi connectivity index (χ2v) is 6.91. The molecule has 6 nitrogen and oxygen atoms in total. The summed E-state index contributed by atoms with van der Waals surface area (Å²) in [5.74, 6) is -0.197. The van der Waals surface area contributed by atoms with Crippen LogP contribution in [0.3, 0.4) is 0 Å². The minimum Gasteiger partial charge on any atom is -0.493 e. The van der Waals surface area contributed by atoms with E-state index in [0.717, 1.165) is 35.3 Å². The van der Waals surface area contributed by atoms with Gasteiger partial charge in [0.05, 0.1) is 19.8 Å². The maximum atomic E-state index is 12.2. The predicted molar refractivity (Wildman–Crippen MR) is 101 cm³/mol. The Morgan fingerprint density at radius 1 is 1.19 bits per heavy atom. The molecule has 0 atom stereocenters. The first-order chi connectivity index (χ1) is 12.5. The molecule has 0 fully saturated rings. The molecule has 1 aliphatic carbocycles. The third kappa shape index (κ3) is 3.57. The van der Waals surface area contributed by atoms with E-state index < -0.39 is 5.97 Å². The smallest absolute Gasteiger partial charge is 0.339 e. The lowest BCUT2D eigenvalue weighted by Gasteiger charge is -2.07. The highest BCUT2D eigenvalue weighted by atomic mass is 32.1. The zero-order valence-electron chi connectivity index (χ0n) is 14.5. The standard InChI is InChI=1S/C19H19NO5S/c1-24-13-8-6-11(10-14(13)25-2)7-9-16(21)20-18-17(19(22)23)12-4-3-5-15(12)26-18/h6-10H,3-5H2,1-2H3,(H,20,21)(H,22,23)/b9-7+. The Kier molecular flexibility index (Phi) is 5.27. The second kappa shape index (κ2) is 7.61. The Morgan fingerprint density at radius 3 is 2.65 bits per heavy atom. The molecule has 0 radical (unpaired) electrons. The number of carboxylic acids is 1. The molecule has 1 aromatic heterocycles. The molecular formula is C19H19NO5S. The van der Waals surface area contributed by atoms with Crippen LogP contribution in [-0.4, -0.2) is 31.2 Å². The summed E-state index contributed by atoms with van der Waals surface area (Å²) in [6.07, 6.45) is 5.61. The van der Waals surface area contributed by atoms with Gasteiger partial charge in [0.15, 0.2) is 11.5 Å². The molecule has 7 heteroatoms. The van der Waals surface area contributed by atoms with E-state index in [0.29, 0.717) is 16.5 Å². The Hall–Kier alpha value is -2.80. The summed E-state index contributed by atoms with van der Waals surface area (Å²) in [4.78, 5) is 24.8. The van der Waals surface area contributed by atoms with Crippen LogP contribution in [0.15, 0.2) is 24.3 Å². The number of aryl methyl sites for hydroxylation is 1. The maximum absolute atomic E-state index is 12.2. The van der Waals surface area contributed by atoms with E-state index in [9.17, 15) is 14.7 Å². The molecule has 0 bridgehead atoms. The Morgan fingerprint density at radius 2 is 1.96 bits per heavy atom. The van der Waals surface area contributed by atoms with Crippen molar-refractivity contribution in [2.45, 2.75) is 19.3 Å². The van der Waals surface area contributed by atoms with Crippen molar-refractivity contribution >= 4 is 34.3 Å². The number of nitrogens with one attached hydrogen (secondary N) is 1. The number of carbonyl (C=O) groups is 2. The van der Waals surface area contributed by atoms with Gasteiger partial charge >= 0.3 is 5.97 Å². The molecule has 1 aliphatic rings. The molecule has 2 aromatic rings. The lowest BCUT2D eigenvalue weighted by Crippen LogP contribution is -2.10.